The van der Waals surface area contributed by atoms with E-state index < -0.39 is 67.2 Å². The first-order valence-electron chi connectivity index (χ1n) is 27.1. The van der Waals surface area contributed by atoms with Crippen molar-refractivity contribution in [3.63, 3.8) is 0 Å². The quantitative estimate of drug-likeness (QED) is 0.0433. The van der Waals surface area contributed by atoms with Crippen LogP contribution in [0.1, 0.15) is 22.3 Å². The Hall–Kier alpha value is -8.25. The van der Waals surface area contributed by atoms with Crippen molar-refractivity contribution in [3.05, 3.63) is 108 Å². The van der Waals surface area contributed by atoms with Gasteiger partial charge in [-0.2, -0.15) is 5.26 Å². The molecule has 2 fully saturated rings. The normalized spacial score (nSPS) is 16.9. The van der Waals surface area contributed by atoms with Crippen LogP contribution in [-0.2, 0) is 44.7 Å². The smallest absolute Gasteiger partial charge is 0.317 e. The van der Waals surface area contributed by atoms with Gasteiger partial charge in [0.05, 0.1) is 82.3 Å². The van der Waals surface area contributed by atoms with Crippen molar-refractivity contribution in [1.29, 1.82) is 5.26 Å². The second-order valence-electron chi connectivity index (χ2n) is 20.3. The third-order valence-corrected chi connectivity index (χ3v) is 14.0. The molecule has 2 aliphatic rings. The second kappa shape index (κ2) is 30.7. The molecule has 6 N–H and O–H groups in total. The number of likely N-dealkylation sites (tertiary alicyclic amines) is 1. The van der Waals surface area contributed by atoms with Crippen LogP contribution in [0.2, 0.25) is 0 Å². The van der Waals surface area contributed by atoms with E-state index in [0.717, 1.165) is 32.4 Å². The highest BCUT2D eigenvalue weighted by Gasteiger charge is 2.47. The molecule has 0 spiro atoms. The van der Waals surface area contributed by atoms with E-state index in [1.54, 1.807) is 45.0 Å². The molecule has 0 radical (unpaired) electrons. The number of halogens is 2. The van der Waals surface area contributed by atoms with Gasteiger partial charge in [-0.15, -0.1) is 0 Å². The van der Waals surface area contributed by atoms with Gasteiger partial charge in [0.25, 0.3) is 11.8 Å². The Morgan fingerprint density at radius 3 is 1.92 bits per heavy atom. The number of nitriles is 1. The standard InChI is InChI=1S/C58H68F2N10O13/c59-58(60)30-46(31-61)70(39-58)53(73)32-64-57(80)48-13-14-62-50-12-9-44(29-49(48)50)42-7-10-47(11-8-42)83-37-45(28-40-5-6-41-3-1-2-4-43(41)27-40)65-52(72)38-82-26-25-81-24-15-63-51(71)33-66-16-18-67(34-54(74)75)20-22-69(36-56(78)79)23-21-68(19-17-66)35-55(76)77/h1-14,27,29,45-46H,15-26,28,30,32-39H2,(H,63,71)(H,64,80)(H,65,72)(H,74,75)(H,76,77)(H,78,79)/t45-,46+/m1/s1. The van der Waals surface area contributed by atoms with Gasteiger partial charge in [0.15, 0.2) is 0 Å². The number of carboxylic acid groups (broad SMARTS) is 3. The number of aromatic nitrogens is 1. The molecular weight excluding hydrogens is 1080 g/mol. The van der Waals surface area contributed by atoms with Gasteiger partial charge >= 0.3 is 17.9 Å². The molecule has 0 bridgehead atoms. The zero-order chi connectivity index (χ0) is 59.3. The van der Waals surface area contributed by atoms with E-state index in [1.165, 1.54) is 12.3 Å². The van der Waals surface area contributed by atoms with Crippen molar-refractivity contribution in [2.45, 2.75) is 30.8 Å². The minimum Gasteiger partial charge on any atom is -0.491 e. The van der Waals surface area contributed by atoms with Gasteiger partial charge in [0.2, 0.25) is 17.7 Å². The average Bonchev–Trinajstić information content (AvgIpc) is 3.84. The molecule has 1 aromatic heterocycles. The maximum atomic E-state index is 14.0. The summed E-state index contributed by atoms with van der Waals surface area (Å²) >= 11 is 0. The summed E-state index contributed by atoms with van der Waals surface area (Å²) in [5.41, 5.74) is 3.21. The van der Waals surface area contributed by atoms with Crippen LogP contribution in [0.15, 0.2) is 97.2 Å². The Morgan fingerprint density at radius 2 is 1.29 bits per heavy atom. The van der Waals surface area contributed by atoms with Crippen LogP contribution < -0.4 is 20.7 Å². The van der Waals surface area contributed by atoms with Gasteiger partial charge in [-0.1, -0.05) is 60.7 Å². The van der Waals surface area contributed by atoms with Gasteiger partial charge < -0.3 is 50.4 Å². The number of nitrogens with one attached hydrogen (secondary N) is 3. The largest absolute Gasteiger partial charge is 0.491 e. The fourth-order valence-electron chi connectivity index (χ4n) is 9.77. The molecule has 0 saturated carbocycles. The van der Waals surface area contributed by atoms with E-state index in [9.17, 15) is 62.9 Å². The highest BCUT2D eigenvalue weighted by atomic mass is 19.3. The van der Waals surface area contributed by atoms with Crippen molar-refractivity contribution >= 4 is 63.2 Å². The molecule has 2 atom stereocenters. The Bertz CT molecular complexity index is 3080. The SMILES string of the molecule is N#C[C@@H]1CC(F)(F)CN1C(=O)CNC(=O)c1ccnc2ccc(-c3ccc(OC[C@@H](Cc4ccc5ccccc5c4)NC(=O)COCCOCCNC(=O)CN4CCN(CC(=O)O)CCN(CC(=O)O)CCN(CC(=O)O)CC4)cc3)cc12. The third-order valence-electron chi connectivity index (χ3n) is 14.0. The lowest BCUT2D eigenvalue weighted by molar-refractivity contribution is -0.140. The van der Waals surface area contributed by atoms with E-state index in [1.807, 2.05) is 59.5 Å². The fraction of sp³-hybridized carbons (Fsp3) is 0.431. The van der Waals surface area contributed by atoms with Crippen LogP contribution in [0, 0.1) is 11.3 Å². The molecule has 2 saturated heterocycles. The molecule has 4 amide bonds. The van der Waals surface area contributed by atoms with Crippen LogP contribution in [0.4, 0.5) is 8.78 Å². The second-order valence-corrected chi connectivity index (χ2v) is 20.3. The molecule has 2 aliphatic heterocycles. The van der Waals surface area contributed by atoms with Crippen LogP contribution in [0.3, 0.4) is 0 Å². The molecule has 4 aromatic carbocycles. The fourth-order valence-corrected chi connectivity index (χ4v) is 9.77. The first-order valence-corrected chi connectivity index (χ1v) is 27.1. The number of hydrogen-bond acceptors (Lipinski definition) is 16. The molecule has 5 aromatic rings. The number of carbonyl (C=O) groups is 7. The average molecular weight is 1150 g/mol. The number of alkyl halides is 2. The predicted octanol–water partition coefficient (Wildman–Crippen LogP) is 2.28. The molecular formula is C58H68F2N10O13. The maximum absolute atomic E-state index is 14.0. The number of carbonyl (C=O) groups excluding carboxylic acids is 4. The highest BCUT2D eigenvalue weighted by Crippen LogP contribution is 2.32. The van der Waals surface area contributed by atoms with E-state index >= 15 is 0 Å². The van der Waals surface area contributed by atoms with Gasteiger partial charge in [0, 0.05) is 76.9 Å². The molecule has 442 valence electrons. The van der Waals surface area contributed by atoms with Crippen molar-refractivity contribution in [1.82, 2.24) is 45.4 Å². The summed E-state index contributed by atoms with van der Waals surface area (Å²) in [6, 6.07) is 28.1. The van der Waals surface area contributed by atoms with Gasteiger partial charge in [-0.3, -0.25) is 58.1 Å². The number of amides is 4. The summed E-state index contributed by atoms with van der Waals surface area (Å²) in [5.74, 6) is -7.92. The number of benzene rings is 4. The number of ether oxygens (including phenoxy) is 3. The van der Waals surface area contributed by atoms with Crippen molar-refractivity contribution in [2.24, 2.45) is 0 Å². The number of pyridine rings is 1. The van der Waals surface area contributed by atoms with E-state index in [4.69, 9.17) is 14.2 Å². The number of rotatable bonds is 26. The van der Waals surface area contributed by atoms with E-state index in [-0.39, 0.29) is 122 Å². The summed E-state index contributed by atoms with van der Waals surface area (Å²) < 4.78 is 45.5. The molecule has 25 heteroatoms. The Kier molecular flexibility index (Phi) is 23.1. The Morgan fingerprint density at radius 1 is 0.687 bits per heavy atom. The minimum absolute atomic E-state index is 0.0421. The van der Waals surface area contributed by atoms with Crippen LogP contribution in [0.5, 0.6) is 5.75 Å². The third kappa shape index (κ3) is 20.0. The van der Waals surface area contributed by atoms with Crippen LogP contribution in [0.25, 0.3) is 32.8 Å². The van der Waals surface area contributed by atoms with Crippen LogP contribution in [-0.4, -0.2) is 236 Å². The van der Waals surface area contributed by atoms with Crippen LogP contribution >= 0.6 is 0 Å². The van der Waals surface area contributed by atoms with Gasteiger partial charge in [-0.05, 0) is 64.2 Å². The Balaban J connectivity index is 0.872. The molecule has 0 unspecified atom stereocenters. The number of hydrogen-bond donors (Lipinski definition) is 6. The van der Waals surface area contributed by atoms with Crippen molar-refractivity contribution in [2.75, 3.05) is 131 Å². The summed E-state index contributed by atoms with van der Waals surface area (Å²) in [6.07, 6.45) is 1.13. The number of nitrogens with zero attached hydrogens (tertiary/aromatic N) is 7. The summed E-state index contributed by atoms with van der Waals surface area (Å²) in [7, 11) is 0. The summed E-state index contributed by atoms with van der Waals surface area (Å²) in [5, 5.41) is 48.6. The van der Waals surface area contributed by atoms with E-state index in [0.29, 0.717) is 36.2 Å². The lowest BCUT2D eigenvalue weighted by Crippen LogP contribution is -2.50. The van der Waals surface area contributed by atoms with Crippen molar-refractivity contribution in [3.8, 4) is 22.9 Å². The van der Waals surface area contributed by atoms with E-state index in [2.05, 4.69) is 27.0 Å². The number of aliphatic carboxylic acids is 3. The highest BCUT2D eigenvalue weighted by molar-refractivity contribution is 6.07. The lowest BCUT2D eigenvalue weighted by Gasteiger charge is -2.32. The predicted molar refractivity (Wildman–Crippen MR) is 299 cm³/mol. The first kappa shape index (κ1) is 62.4. The lowest BCUT2D eigenvalue weighted by atomic mass is 10.0. The Labute approximate surface area is 477 Å². The molecule has 83 heavy (non-hydrogen) atoms. The molecule has 0 aliphatic carbocycles. The zero-order valence-electron chi connectivity index (χ0n) is 45.8. The molecule has 23 nitrogen and oxygen atoms in total. The number of fused-ring (bicyclic) bond motifs is 2. The molecule has 3 heterocycles. The molecule has 7 rings (SSSR count). The number of carboxylic acids is 3. The summed E-state index contributed by atoms with van der Waals surface area (Å²) in [4.78, 5) is 99.2. The monoisotopic (exact) mass is 1150 g/mol. The van der Waals surface area contributed by atoms with Crippen molar-refractivity contribution < 1.29 is 71.9 Å². The summed E-state index contributed by atoms with van der Waals surface area (Å²) in [6.45, 7) is 0.214. The van der Waals surface area contributed by atoms with Gasteiger partial charge in [-0.25, -0.2) is 8.78 Å². The minimum atomic E-state index is -3.19. The first-order chi connectivity index (χ1) is 39.9. The topological polar surface area (TPSA) is 297 Å². The van der Waals surface area contributed by atoms with Gasteiger partial charge in [0.1, 0.15) is 25.0 Å². The zero-order valence-corrected chi connectivity index (χ0v) is 45.8. The maximum Gasteiger partial charge on any atom is 0.317 e.